The lowest BCUT2D eigenvalue weighted by molar-refractivity contribution is -0.138. The predicted octanol–water partition coefficient (Wildman–Crippen LogP) is 6.42. The Morgan fingerprint density at radius 1 is 1.15 bits per heavy atom. The van der Waals surface area contributed by atoms with Crippen molar-refractivity contribution in [1.82, 2.24) is 4.90 Å². The summed E-state index contributed by atoms with van der Waals surface area (Å²) >= 11 is 7.09. The summed E-state index contributed by atoms with van der Waals surface area (Å²) in [5.41, 5.74) is 0.957. The maximum atomic E-state index is 13.4. The number of aliphatic imine (C=N–C) groups is 1. The molecule has 1 fully saturated rings. The number of rotatable bonds is 5. The van der Waals surface area contributed by atoms with E-state index < -0.39 is 11.7 Å². The Balaban J connectivity index is 1.49. The number of alkyl halides is 3. The third-order valence-corrected chi connectivity index (χ3v) is 6.89. The van der Waals surface area contributed by atoms with Crippen LogP contribution in [-0.2, 0) is 17.5 Å². The van der Waals surface area contributed by atoms with Crippen LogP contribution in [0.2, 0.25) is 5.02 Å². The van der Waals surface area contributed by atoms with Gasteiger partial charge in [0.05, 0.1) is 10.5 Å². The van der Waals surface area contributed by atoms with Gasteiger partial charge in [-0.3, -0.25) is 4.79 Å². The van der Waals surface area contributed by atoms with Gasteiger partial charge in [-0.25, -0.2) is 0 Å². The Labute approximate surface area is 204 Å². The van der Waals surface area contributed by atoms with E-state index in [9.17, 15) is 18.0 Å². The van der Waals surface area contributed by atoms with E-state index in [-0.39, 0.29) is 23.0 Å². The molecule has 2 N–H and O–H groups in total. The molecule has 0 aromatic heterocycles. The first-order valence-corrected chi connectivity index (χ1v) is 12.0. The van der Waals surface area contributed by atoms with E-state index >= 15 is 0 Å². The Hall–Kier alpha value is -2.78. The van der Waals surface area contributed by atoms with Crippen LogP contribution in [0.5, 0.6) is 0 Å². The second kappa shape index (κ2) is 10.2. The molecule has 0 radical (unpaired) electrons. The van der Waals surface area contributed by atoms with E-state index in [1.54, 1.807) is 24.3 Å². The molecule has 2 heterocycles. The molecular formula is C24H22ClF3N4OS. The van der Waals surface area contributed by atoms with Crippen LogP contribution in [0, 0.1) is 5.41 Å². The van der Waals surface area contributed by atoms with Gasteiger partial charge >= 0.3 is 6.18 Å². The molecule has 1 saturated heterocycles. The zero-order valence-corrected chi connectivity index (χ0v) is 19.7. The summed E-state index contributed by atoms with van der Waals surface area (Å²) in [7, 11) is 0. The third kappa shape index (κ3) is 5.64. The van der Waals surface area contributed by atoms with E-state index in [4.69, 9.17) is 17.0 Å². The number of benzene rings is 2. The number of nitrogens with one attached hydrogen (secondary N) is 2. The highest BCUT2D eigenvalue weighted by Gasteiger charge is 2.33. The monoisotopic (exact) mass is 506 g/mol. The quantitative estimate of drug-likeness (QED) is 0.362. The fourth-order valence-corrected chi connectivity index (χ4v) is 5.02. The Kier molecular flexibility index (Phi) is 7.33. The second-order valence-corrected chi connectivity index (χ2v) is 9.45. The predicted molar refractivity (Wildman–Crippen MR) is 132 cm³/mol. The summed E-state index contributed by atoms with van der Waals surface area (Å²) in [4.78, 5) is 19.2. The summed E-state index contributed by atoms with van der Waals surface area (Å²) in [5.74, 6) is -0.286. The maximum absolute atomic E-state index is 13.4. The Bertz CT molecular complexity index is 1170. The van der Waals surface area contributed by atoms with Crippen molar-refractivity contribution in [2.45, 2.75) is 32.0 Å². The molecule has 178 valence electrons. The first-order valence-electron chi connectivity index (χ1n) is 10.8. The molecule has 0 spiro atoms. The Morgan fingerprint density at radius 2 is 1.91 bits per heavy atom. The number of carbonyl (C=O) groups excluding carboxylic acids is 1. The number of thioether (sulfide) groups is 1. The van der Waals surface area contributed by atoms with Gasteiger partial charge in [0.15, 0.2) is 5.17 Å². The molecule has 0 bridgehead atoms. The number of hydrogen-bond donors (Lipinski definition) is 2. The smallest absolute Gasteiger partial charge is 0.380 e. The van der Waals surface area contributed by atoms with Gasteiger partial charge in [0, 0.05) is 42.1 Å². The van der Waals surface area contributed by atoms with Crippen LogP contribution in [0.25, 0.3) is 6.08 Å². The van der Waals surface area contributed by atoms with Gasteiger partial charge in [0.25, 0.3) is 5.91 Å². The molecule has 2 aromatic rings. The van der Waals surface area contributed by atoms with E-state index in [0.717, 1.165) is 43.4 Å². The fourth-order valence-electron chi connectivity index (χ4n) is 3.88. The topological polar surface area (TPSA) is 68.5 Å². The average molecular weight is 507 g/mol. The minimum atomic E-state index is -4.52. The van der Waals surface area contributed by atoms with Crippen LogP contribution in [-0.4, -0.2) is 35.3 Å². The number of amides is 1. The average Bonchev–Trinajstić information content (AvgIpc) is 3.18. The van der Waals surface area contributed by atoms with Gasteiger partial charge in [0.1, 0.15) is 0 Å². The van der Waals surface area contributed by atoms with Crippen LogP contribution in [0.15, 0.2) is 46.3 Å². The van der Waals surface area contributed by atoms with Crippen LogP contribution in [0.3, 0.4) is 0 Å². The number of halogens is 4. The number of carbonyl (C=O) groups is 1. The van der Waals surface area contributed by atoms with Crippen molar-refractivity contribution in [2.24, 2.45) is 4.99 Å². The van der Waals surface area contributed by atoms with Crippen LogP contribution >= 0.6 is 23.4 Å². The highest BCUT2D eigenvalue weighted by atomic mass is 35.5. The number of likely N-dealkylation sites (tertiary alicyclic amines) is 1. The lowest BCUT2D eigenvalue weighted by Gasteiger charge is -2.27. The molecule has 2 aliphatic rings. The van der Waals surface area contributed by atoms with Crippen molar-refractivity contribution in [2.75, 3.05) is 18.4 Å². The lowest BCUT2D eigenvalue weighted by atomic mass is 10.1. The largest absolute Gasteiger partial charge is 0.416 e. The molecule has 5 nitrogen and oxygen atoms in total. The van der Waals surface area contributed by atoms with Crippen molar-refractivity contribution in [3.63, 3.8) is 0 Å². The van der Waals surface area contributed by atoms with Crippen molar-refractivity contribution in [1.29, 1.82) is 5.41 Å². The minimum Gasteiger partial charge on any atom is -0.380 e. The standard InChI is InChI=1S/C24H22ClF3N4OS/c25-18-6-5-16(19(12-18)24(26,27)28)14-30-20-7-4-15(10-17(20)13-29)11-21-22(33)31-23(34-21)32-8-2-1-3-9-32/h4-7,10-13,29-30H,1-3,8-9,14H2/b21-11-,29-13?. The molecule has 10 heteroatoms. The molecule has 0 aliphatic carbocycles. The van der Waals surface area contributed by atoms with Gasteiger partial charge in [-0.2, -0.15) is 18.2 Å². The summed E-state index contributed by atoms with van der Waals surface area (Å²) < 4.78 is 40.1. The van der Waals surface area contributed by atoms with Gasteiger partial charge in [-0.1, -0.05) is 23.7 Å². The normalized spacial score (nSPS) is 17.8. The lowest BCUT2D eigenvalue weighted by Crippen LogP contribution is -2.33. The number of anilines is 1. The zero-order valence-electron chi connectivity index (χ0n) is 18.1. The van der Waals surface area contributed by atoms with E-state index in [1.807, 2.05) is 0 Å². The van der Waals surface area contributed by atoms with Crippen LogP contribution in [0.1, 0.15) is 41.5 Å². The highest BCUT2D eigenvalue weighted by Crippen LogP contribution is 2.35. The molecule has 0 atom stereocenters. The third-order valence-electron chi connectivity index (χ3n) is 5.61. The van der Waals surface area contributed by atoms with Crippen LogP contribution < -0.4 is 5.32 Å². The van der Waals surface area contributed by atoms with E-state index in [0.29, 0.717) is 21.7 Å². The SMILES string of the molecule is N=Cc1cc(/C=C2\SC(N3CCCCC3)=NC2=O)ccc1NCc1ccc(Cl)cc1C(F)(F)F. The first-order chi connectivity index (χ1) is 16.2. The van der Waals surface area contributed by atoms with Crippen molar-refractivity contribution in [3.05, 3.63) is 68.6 Å². The molecule has 4 rings (SSSR count). The highest BCUT2D eigenvalue weighted by molar-refractivity contribution is 8.18. The molecule has 2 aliphatic heterocycles. The zero-order chi connectivity index (χ0) is 24.3. The summed E-state index contributed by atoms with van der Waals surface area (Å²) in [6, 6.07) is 8.80. The molecule has 0 unspecified atom stereocenters. The van der Waals surface area contributed by atoms with Crippen molar-refractivity contribution in [3.8, 4) is 0 Å². The number of amidine groups is 1. The Morgan fingerprint density at radius 3 is 2.62 bits per heavy atom. The molecule has 2 aromatic carbocycles. The molecular weight excluding hydrogens is 485 g/mol. The summed E-state index contributed by atoms with van der Waals surface area (Å²) in [6.45, 7) is 1.71. The molecule has 34 heavy (non-hydrogen) atoms. The minimum absolute atomic E-state index is 0.0143. The molecule has 0 saturated carbocycles. The van der Waals surface area contributed by atoms with Gasteiger partial charge in [-0.05, 0) is 72.5 Å². The number of piperidine rings is 1. The van der Waals surface area contributed by atoms with Crippen molar-refractivity contribution >= 4 is 52.4 Å². The van der Waals surface area contributed by atoms with Crippen LogP contribution in [0.4, 0.5) is 18.9 Å². The summed E-state index contributed by atoms with van der Waals surface area (Å²) in [5, 5.41) is 11.5. The summed E-state index contributed by atoms with van der Waals surface area (Å²) in [6.07, 6.45) is 1.69. The van der Waals surface area contributed by atoms with E-state index in [2.05, 4.69) is 15.2 Å². The fraction of sp³-hybridized carbons (Fsp3) is 0.292. The van der Waals surface area contributed by atoms with Gasteiger partial charge in [0.2, 0.25) is 0 Å². The maximum Gasteiger partial charge on any atom is 0.416 e. The van der Waals surface area contributed by atoms with Crippen molar-refractivity contribution < 1.29 is 18.0 Å². The molecule has 1 amide bonds. The van der Waals surface area contributed by atoms with Gasteiger partial charge < -0.3 is 15.6 Å². The van der Waals surface area contributed by atoms with E-state index in [1.165, 1.54) is 30.3 Å². The number of hydrogen-bond acceptors (Lipinski definition) is 5. The first kappa shape index (κ1) is 24.3. The number of nitrogens with zero attached hydrogens (tertiary/aromatic N) is 2. The second-order valence-electron chi connectivity index (χ2n) is 8.00. The van der Waals surface area contributed by atoms with Gasteiger partial charge in [-0.15, -0.1) is 0 Å².